The van der Waals surface area contributed by atoms with E-state index in [0.29, 0.717) is 0 Å². The molecule has 0 radical (unpaired) electrons. The normalized spacial score (nSPS) is 26.4. The Bertz CT molecular complexity index is 620. The summed E-state index contributed by atoms with van der Waals surface area (Å²) in [6, 6.07) is 0. The van der Waals surface area contributed by atoms with E-state index in [1.807, 2.05) is 0 Å². The van der Waals surface area contributed by atoms with E-state index in [9.17, 15) is 24.0 Å². The quantitative estimate of drug-likeness (QED) is 0.446. The molecular weight excluding hydrogens is 382 g/mol. The second-order valence-electron chi connectivity index (χ2n) is 5.61. The number of ether oxygens (including phenoxy) is 6. The van der Waals surface area contributed by atoms with Crippen LogP contribution in [0.15, 0.2) is 0 Å². The Morgan fingerprint density at radius 3 is 1.79 bits per heavy atom. The molecule has 0 aromatic heterocycles. The molecule has 0 bridgehead atoms. The van der Waals surface area contributed by atoms with E-state index in [1.165, 1.54) is 0 Å². The number of hydrogen-bond acceptors (Lipinski definition) is 11. The third-order valence-corrected chi connectivity index (χ3v) is 3.38. The highest BCUT2D eigenvalue weighted by Crippen LogP contribution is 2.30. The molecule has 0 aromatic carbocycles. The number of nitrogens with one attached hydrogen (secondary N) is 1. The number of rotatable bonds is 6. The molecule has 0 aliphatic carbocycles. The van der Waals surface area contributed by atoms with E-state index in [-0.39, 0.29) is 6.54 Å². The van der Waals surface area contributed by atoms with Crippen molar-refractivity contribution in [1.29, 1.82) is 0 Å². The summed E-state index contributed by atoms with van der Waals surface area (Å²) in [6.45, 7) is 5.01. The van der Waals surface area contributed by atoms with Gasteiger partial charge in [0.25, 0.3) is 0 Å². The highest BCUT2D eigenvalue weighted by atomic mass is 16.8. The van der Waals surface area contributed by atoms with Crippen LogP contribution in [0.3, 0.4) is 0 Å². The van der Waals surface area contributed by atoms with Gasteiger partial charge in [0, 0.05) is 27.3 Å². The molecule has 158 valence electrons. The summed E-state index contributed by atoms with van der Waals surface area (Å²) in [5.74, 6) is -3.48. The smallest absolute Gasteiger partial charge is 0.409 e. The summed E-state index contributed by atoms with van der Waals surface area (Å²) >= 11 is 0. The average Bonchev–Trinajstić information content (AvgIpc) is 2.58. The van der Waals surface area contributed by atoms with Gasteiger partial charge in [-0.25, -0.2) is 9.59 Å². The minimum atomic E-state index is -1.66. The van der Waals surface area contributed by atoms with Crippen molar-refractivity contribution in [1.82, 2.24) is 5.32 Å². The lowest BCUT2D eigenvalue weighted by atomic mass is 9.97. The Kier molecular flexibility index (Phi) is 8.64. The average molecular weight is 405 g/mol. The van der Waals surface area contributed by atoms with Crippen LogP contribution in [0.1, 0.15) is 27.7 Å². The molecule has 0 saturated carbocycles. The molecule has 28 heavy (non-hydrogen) atoms. The van der Waals surface area contributed by atoms with Crippen molar-refractivity contribution in [3.63, 3.8) is 0 Å². The van der Waals surface area contributed by atoms with E-state index < -0.39 is 60.7 Å². The zero-order chi connectivity index (χ0) is 21.4. The summed E-state index contributed by atoms with van der Waals surface area (Å²) in [4.78, 5) is 58.5. The van der Waals surface area contributed by atoms with E-state index in [0.717, 1.165) is 27.9 Å². The first-order valence-corrected chi connectivity index (χ1v) is 8.30. The minimum Gasteiger partial charge on any atom is -0.467 e. The molecule has 12 nitrogen and oxygen atoms in total. The molecule has 1 aliphatic heterocycles. The first-order valence-electron chi connectivity index (χ1n) is 8.30. The van der Waals surface area contributed by atoms with Gasteiger partial charge in [-0.2, -0.15) is 0 Å². The SMILES string of the molecule is CCNC(=O)O[C@@H]1O[C@H](C(=O)OC)[C@@H](OC(C)=O)[C@H](OC(C)=O)[C@H]1OC(C)=O. The van der Waals surface area contributed by atoms with Crippen LogP contribution in [0.2, 0.25) is 0 Å². The van der Waals surface area contributed by atoms with Gasteiger partial charge in [0.1, 0.15) is 0 Å². The second kappa shape index (κ2) is 10.4. The molecule has 12 heteroatoms. The number of alkyl carbamates (subject to hydrolysis) is 1. The summed E-state index contributed by atoms with van der Waals surface area (Å²) in [6.07, 6.45) is -8.77. The molecular formula is C16H23NO11. The van der Waals surface area contributed by atoms with E-state index >= 15 is 0 Å². The van der Waals surface area contributed by atoms with Crippen LogP contribution in [0.4, 0.5) is 4.79 Å². The Morgan fingerprint density at radius 2 is 1.32 bits per heavy atom. The van der Waals surface area contributed by atoms with E-state index in [2.05, 4.69) is 10.1 Å². The van der Waals surface area contributed by atoms with E-state index in [4.69, 9.17) is 23.7 Å². The summed E-state index contributed by atoms with van der Waals surface area (Å²) in [7, 11) is 1.05. The van der Waals surface area contributed by atoms with Gasteiger partial charge in [-0.1, -0.05) is 0 Å². The van der Waals surface area contributed by atoms with Crippen LogP contribution < -0.4 is 5.32 Å². The molecule has 0 aromatic rings. The predicted molar refractivity (Wildman–Crippen MR) is 87.5 cm³/mol. The zero-order valence-electron chi connectivity index (χ0n) is 16.1. The highest BCUT2D eigenvalue weighted by Gasteiger charge is 2.56. The number of esters is 4. The molecule has 1 N–H and O–H groups in total. The van der Waals surface area contributed by atoms with Crippen molar-refractivity contribution in [3.8, 4) is 0 Å². The second-order valence-corrected chi connectivity index (χ2v) is 5.61. The summed E-state index contributed by atoms with van der Waals surface area (Å²) in [5.41, 5.74) is 0. The van der Waals surface area contributed by atoms with Crippen LogP contribution in [-0.4, -0.2) is 74.3 Å². The molecule has 1 fully saturated rings. The molecule has 1 rings (SSSR count). The minimum absolute atomic E-state index is 0.216. The molecule has 1 aliphatic rings. The van der Waals surface area contributed by atoms with Crippen LogP contribution in [0.5, 0.6) is 0 Å². The van der Waals surface area contributed by atoms with Gasteiger partial charge < -0.3 is 33.7 Å². The largest absolute Gasteiger partial charge is 0.467 e. The zero-order valence-corrected chi connectivity index (χ0v) is 16.1. The molecule has 1 saturated heterocycles. The maximum atomic E-state index is 12.1. The van der Waals surface area contributed by atoms with Crippen LogP contribution in [-0.2, 0) is 47.6 Å². The van der Waals surface area contributed by atoms with Gasteiger partial charge in [0.05, 0.1) is 7.11 Å². The Balaban J connectivity index is 3.36. The topological polar surface area (TPSA) is 153 Å². The van der Waals surface area contributed by atoms with Crippen molar-refractivity contribution in [2.24, 2.45) is 0 Å². The number of amides is 1. The lowest BCUT2D eigenvalue weighted by Crippen LogP contribution is -2.64. The molecule has 0 spiro atoms. The number of methoxy groups -OCH3 is 1. The van der Waals surface area contributed by atoms with Crippen LogP contribution in [0, 0.1) is 0 Å². The first kappa shape index (κ1) is 23.1. The van der Waals surface area contributed by atoms with Crippen molar-refractivity contribution < 1.29 is 52.4 Å². The molecule has 1 heterocycles. The Hall–Kier alpha value is -2.89. The summed E-state index contributed by atoms with van der Waals surface area (Å²) < 4.78 is 30.3. The van der Waals surface area contributed by atoms with Crippen LogP contribution in [0.25, 0.3) is 0 Å². The maximum Gasteiger partial charge on any atom is 0.409 e. The van der Waals surface area contributed by atoms with Gasteiger partial charge in [-0.05, 0) is 6.92 Å². The Labute approximate surface area is 160 Å². The van der Waals surface area contributed by atoms with E-state index in [1.54, 1.807) is 6.92 Å². The number of carbonyl (C=O) groups excluding carboxylic acids is 5. The fraction of sp³-hybridized carbons (Fsp3) is 0.688. The molecule has 5 atom stereocenters. The summed E-state index contributed by atoms with van der Waals surface area (Å²) in [5, 5.41) is 2.33. The van der Waals surface area contributed by atoms with Crippen molar-refractivity contribution in [2.45, 2.75) is 58.4 Å². The molecule has 1 amide bonds. The first-order chi connectivity index (χ1) is 13.1. The van der Waals surface area contributed by atoms with Gasteiger partial charge in [-0.3, -0.25) is 14.4 Å². The van der Waals surface area contributed by atoms with Crippen molar-refractivity contribution in [2.75, 3.05) is 13.7 Å². The molecule has 0 unspecified atom stereocenters. The lowest BCUT2D eigenvalue weighted by Gasteiger charge is -2.42. The lowest BCUT2D eigenvalue weighted by molar-refractivity contribution is -0.288. The highest BCUT2D eigenvalue weighted by molar-refractivity contribution is 5.77. The fourth-order valence-corrected chi connectivity index (χ4v) is 2.47. The number of carbonyl (C=O) groups is 5. The maximum absolute atomic E-state index is 12.1. The Morgan fingerprint density at radius 1 is 0.821 bits per heavy atom. The standard InChI is InChI=1S/C16H23NO11/c1-6-17-16(22)28-15-13(26-9(4)20)11(25-8(3)19)10(24-7(2)18)12(27-15)14(21)23-5/h10-13,15H,6H2,1-5H3,(H,17,22)/t10-,11-,12-,13+,15-/m0/s1. The van der Waals surface area contributed by atoms with Gasteiger partial charge in [-0.15, -0.1) is 0 Å². The van der Waals surface area contributed by atoms with Crippen molar-refractivity contribution in [3.05, 3.63) is 0 Å². The van der Waals surface area contributed by atoms with Gasteiger partial charge >= 0.3 is 30.0 Å². The monoisotopic (exact) mass is 405 g/mol. The van der Waals surface area contributed by atoms with Crippen molar-refractivity contribution >= 4 is 30.0 Å². The van der Waals surface area contributed by atoms with Crippen LogP contribution >= 0.6 is 0 Å². The third-order valence-electron chi connectivity index (χ3n) is 3.38. The number of hydrogen-bond donors (Lipinski definition) is 1. The predicted octanol–water partition coefficient (Wildman–Crippen LogP) is -0.574. The fourth-order valence-electron chi connectivity index (χ4n) is 2.47. The van der Waals surface area contributed by atoms with Gasteiger partial charge in [0.2, 0.25) is 12.4 Å². The van der Waals surface area contributed by atoms with Gasteiger partial charge in [0.15, 0.2) is 18.3 Å². The third kappa shape index (κ3) is 6.37.